The number of carbonyl (C=O) groups excluding carboxylic acids is 3. The second kappa shape index (κ2) is 11.7. The molecule has 1 heterocycles. The Hall–Kier alpha value is -2.61. The highest BCUT2D eigenvalue weighted by atomic mass is 16.6. The van der Waals surface area contributed by atoms with E-state index in [2.05, 4.69) is 5.32 Å². The first kappa shape index (κ1) is 27.6. The van der Waals surface area contributed by atoms with Crippen LogP contribution in [0, 0.1) is 5.92 Å². The minimum absolute atomic E-state index is 0.194. The zero-order chi connectivity index (χ0) is 25.4. The number of ether oxygens (including phenoxy) is 3. The van der Waals surface area contributed by atoms with Gasteiger partial charge in [-0.3, -0.25) is 4.79 Å². The molecule has 0 spiro atoms. The molecule has 1 aromatic rings. The van der Waals surface area contributed by atoms with Crippen LogP contribution >= 0.6 is 0 Å². The third-order valence-electron chi connectivity index (χ3n) is 5.60. The van der Waals surface area contributed by atoms with Crippen molar-refractivity contribution < 1.29 is 33.1 Å². The lowest BCUT2D eigenvalue weighted by molar-refractivity contribution is -0.925. The van der Waals surface area contributed by atoms with E-state index in [0.29, 0.717) is 43.5 Å². The Labute approximate surface area is 203 Å². The zero-order valence-electron chi connectivity index (χ0n) is 21.5. The van der Waals surface area contributed by atoms with Crippen molar-refractivity contribution in [3.63, 3.8) is 0 Å². The van der Waals surface area contributed by atoms with Crippen LogP contribution in [0.15, 0.2) is 30.3 Å². The fraction of sp³-hybridized carbons (Fsp3) is 0.654. The van der Waals surface area contributed by atoms with E-state index in [9.17, 15) is 14.4 Å². The predicted molar refractivity (Wildman–Crippen MR) is 129 cm³/mol. The number of piperidine rings is 1. The van der Waals surface area contributed by atoms with Gasteiger partial charge >= 0.3 is 18.0 Å². The fourth-order valence-electron chi connectivity index (χ4n) is 4.02. The van der Waals surface area contributed by atoms with Gasteiger partial charge in [-0.2, -0.15) is 0 Å². The summed E-state index contributed by atoms with van der Waals surface area (Å²) in [6.45, 7) is 13.6. The van der Waals surface area contributed by atoms with Crippen LogP contribution in [-0.2, 0) is 30.4 Å². The molecule has 0 unspecified atom stereocenters. The number of nitrogens with one attached hydrogen (secondary N) is 1. The van der Waals surface area contributed by atoms with Gasteiger partial charge in [0.1, 0.15) is 17.8 Å². The van der Waals surface area contributed by atoms with E-state index in [-0.39, 0.29) is 31.0 Å². The van der Waals surface area contributed by atoms with Gasteiger partial charge in [0, 0.05) is 12.8 Å². The lowest BCUT2D eigenvalue weighted by Gasteiger charge is -2.42. The molecule has 1 aromatic carbocycles. The number of quaternary nitrogens is 1. The first-order valence-corrected chi connectivity index (χ1v) is 12.0. The molecule has 0 aromatic heterocycles. The van der Waals surface area contributed by atoms with Crippen LogP contribution in [-0.4, -0.2) is 66.4 Å². The Morgan fingerprint density at radius 2 is 1.53 bits per heavy atom. The van der Waals surface area contributed by atoms with E-state index in [4.69, 9.17) is 14.2 Å². The summed E-state index contributed by atoms with van der Waals surface area (Å²) in [6, 6.07) is 9.60. The highest BCUT2D eigenvalue weighted by molar-refractivity contribution is 5.73. The molecular formula is C26H41N2O6+. The van der Waals surface area contributed by atoms with E-state index in [1.54, 1.807) is 0 Å². The van der Waals surface area contributed by atoms with E-state index < -0.39 is 17.3 Å². The number of nitrogens with zero attached hydrogens (tertiary/aromatic N) is 1. The van der Waals surface area contributed by atoms with Crippen LogP contribution in [0.25, 0.3) is 0 Å². The molecule has 1 N–H and O–H groups in total. The summed E-state index contributed by atoms with van der Waals surface area (Å²) in [5.74, 6) is -0.687. The van der Waals surface area contributed by atoms with Gasteiger partial charge in [0.2, 0.25) is 0 Å². The second-order valence-electron chi connectivity index (χ2n) is 11.1. The van der Waals surface area contributed by atoms with Crippen molar-refractivity contribution in [3.8, 4) is 0 Å². The maximum absolute atomic E-state index is 12.7. The summed E-state index contributed by atoms with van der Waals surface area (Å²) in [5.41, 5.74) is -0.198. The van der Waals surface area contributed by atoms with Gasteiger partial charge in [0.05, 0.1) is 32.1 Å². The summed E-state index contributed by atoms with van der Waals surface area (Å²) in [7, 11) is 0. The van der Waals surface area contributed by atoms with Crippen LogP contribution < -0.4 is 5.32 Å². The highest BCUT2D eigenvalue weighted by Crippen LogP contribution is 2.26. The summed E-state index contributed by atoms with van der Waals surface area (Å²) >= 11 is 0. The lowest BCUT2D eigenvalue weighted by Crippen LogP contribution is -2.59. The largest absolute Gasteiger partial charge is 0.461 e. The summed E-state index contributed by atoms with van der Waals surface area (Å²) in [4.78, 5) is 37.3. The number of hydrogen-bond acceptors (Lipinski definition) is 6. The normalized spacial score (nSPS) is 20.8. The number of alkyl carbamates (subject to hydrolysis) is 1. The second-order valence-corrected chi connectivity index (χ2v) is 11.1. The molecule has 1 aliphatic rings. The van der Waals surface area contributed by atoms with E-state index in [1.807, 2.05) is 71.9 Å². The molecule has 8 heteroatoms. The molecule has 1 amide bonds. The van der Waals surface area contributed by atoms with Crippen molar-refractivity contribution in [2.45, 2.75) is 72.2 Å². The Morgan fingerprint density at radius 3 is 2.09 bits per heavy atom. The van der Waals surface area contributed by atoms with Crippen LogP contribution in [0.4, 0.5) is 4.79 Å². The van der Waals surface area contributed by atoms with E-state index in [0.717, 1.165) is 5.56 Å². The monoisotopic (exact) mass is 477 g/mol. The summed E-state index contributed by atoms with van der Waals surface area (Å²) < 4.78 is 16.9. The van der Waals surface area contributed by atoms with Crippen molar-refractivity contribution >= 4 is 18.0 Å². The van der Waals surface area contributed by atoms with Gasteiger partial charge in [-0.05, 0) is 47.1 Å². The molecule has 0 radical (unpaired) electrons. The van der Waals surface area contributed by atoms with Crippen LogP contribution in [0.5, 0.6) is 0 Å². The molecule has 8 nitrogen and oxygen atoms in total. The maximum Gasteiger partial charge on any atom is 0.407 e. The molecule has 1 fully saturated rings. The molecule has 190 valence electrons. The van der Waals surface area contributed by atoms with Crippen LogP contribution in [0.2, 0.25) is 0 Å². The van der Waals surface area contributed by atoms with Gasteiger partial charge in [-0.1, -0.05) is 30.3 Å². The summed E-state index contributed by atoms with van der Waals surface area (Å²) in [6.07, 6.45) is 0.744. The maximum atomic E-state index is 12.7. The Bertz CT molecular complexity index is 818. The van der Waals surface area contributed by atoms with E-state index in [1.165, 1.54) is 0 Å². The average molecular weight is 478 g/mol. The molecule has 0 saturated carbocycles. The third-order valence-corrected chi connectivity index (χ3v) is 5.60. The smallest absolute Gasteiger partial charge is 0.407 e. The molecule has 34 heavy (non-hydrogen) atoms. The van der Waals surface area contributed by atoms with Crippen molar-refractivity contribution in [2.24, 2.45) is 5.92 Å². The van der Waals surface area contributed by atoms with Crippen molar-refractivity contribution in [3.05, 3.63) is 35.9 Å². The SMILES string of the molecule is CC(C)(C)OC(=O)C[N+]1(CCNC(=O)OC(C)(C)C)CCC(C(=O)OCc2ccccc2)CC1. The van der Waals surface area contributed by atoms with Crippen molar-refractivity contribution in [1.29, 1.82) is 0 Å². The first-order valence-electron chi connectivity index (χ1n) is 12.0. The molecule has 0 bridgehead atoms. The number of hydrogen-bond donors (Lipinski definition) is 1. The molecule has 1 aliphatic heterocycles. The summed E-state index contributed by atoms with van der Waals surface area (Å²) in [5, 5.41) is 2.78. The number of esters is 2. The Kier molecular flexibility index (Phi) is 9.50. The Balaban J connectivity index is 1.95. The topological polar surface area (TPSA) is 90.9 Å². The fourth-order valence-corrected chi connectivity index (χ4v) is 4.02. The number of benzene rings is 1. The lowest BCUT2D eigenvalue weighted by atomic mass is 9.94. The van der Waals surface area contributed by atoms with Crippen LogP contribution in [0.3, 0.4) is 0 Å². The third kappa shape index (κ3) is 10.1. The van der Waals surface area contributed by atoms with Crippen LogP contribution in [0.1, 0.15) is 59.9 Å². The minimum Gasteiger partial charge on any atom is -0.461 e. The average Bonchev–Trinajstić information content (AvgIpc) is 2.70. The molecule has 0 aliphatic carbocycles. The molecule has 1 saturated heterocycles. The van der Waals surface area contributed by atoms with E-state index >= 15 is 0 Å². The molecular weight excluding hydrogens is 436 g/mol. The van der Waals surface area contributed by atoms with Gasteiger partial charge in [-0.15, -0.1) is 0 Å². The van der Waals surface area contributed by atoms with Crippen molar-refractivity contribution in [1.82, 2.24) is 5.32 Å². The first-order chi connectivity index (χ1) is 15.8. The standard InChI is InChI=1S/C26H40N2O6/c1-25(2,3)33-22(29)18-28(17-14-27-24(31)34-26(4,5)6)15-12-21(13-16-28)23(30)32-19-20-10-8-7-9-11-20/h7-11,21H,12-19H2,1-6H3/p+1. The Morgan fingerprint density at radius 1 is 0.941 bits per heavy atom. The van der Waals surface area contributed by atoms with Crippen molar-refractivity contribution in [2.75, 3.05) is 32.7 Å². The number of carbonyl (C=O) groups is 3. The van der Waals surface area contributed by atoms with Gasteiger partial charge in [0.15, 0.2) is 6.54 Å². The number of rotatable bonds is 8. The molecule has 0 atom stereocenters. The van der Waals surface area contributed by atoms with Gasteiger partial charge in [0.25, 0.3) is 0 Å². The number of amides is 1. The quantitative estimate of drug-likeness (QED) is 0.348. The number of likely N-dealkylation sites (tertiary alicyclic amines) is 1. The van der Waals surface area contributed by atoms with Gasteiger partial charge in [-0.25, -0.2) is 9.59 Å². The molecule has 2 rings (SSSR count). The highest BCUT2D eigenvalue weighted by Gasteiger charge is 2.39. The van der Waals surface area contributed by atoms with Gasteiger partial charge < -0.3 is 24.0 Å². The minimum atomic E-state index is -0.578. The zero-order valence-corrected chi connectivity index (χ0v) is 21.5. The predicted octanol–water partition coefficient (Wildman–Crippen LogP) is 3.82.